The number of hydrogen-bond donors (Lipinski definition) is 1. The monoisotopic (exact) mass is 457 g/mol. The van der Waals surface area contributed by atoms with E-state index >= 15 is 0 Å². The van der Waals surface area contributed by atoms with Crippen molar-refractivity contribution in [2.24, 2.45) is 0 Å². The molecule has 170 valence electrons. The number of nitriles is 1. The highest BCUT2D eigenvalue weighted by molar-refractivity contribution is 7.89. The molecule has 1 amide bonds. The number of rotatable bonds is 7. The van der Waals surface area contributed by atoms with Crippen LogP contribution in [0, 0.1) is 11.3 Å². The van der Waals surface area contributed by atoms with Gasteiger partial charge in [-0.1, -0.05) is 18.9 Å². The lowest BCUT2D eigenvalue weighted by molar-refractivity contribution is -0.122. The largest absolute Gasteiger partial charge is 0.495 e. The molecule has 0 bridgehead atoms. The van der Waals surface area contributed by atoms with Gasteiger partial charge in [0, 0.05) is 13.1 Å². The number of methoxy groups -OCH3 is 1. The van der Waals surface area contributed by atoms with Crippen molar-refractivity contribution >= 4 is 21.6 Å². The Morgan fingerprint density at radius 2 is 1.84 bits per heavy atom. The highest BCUT2D eigenvalue weighted by Gasteiger charge is 2.27. The van der Waals surface area contributed by atoms with Crippen LogP contribution in [0.1, 0.15) is 38.2 Å². The van der Waals surface area contributed by atoms with Crippen LogP contribution in [0.15, 0.2) is 47.4 Å². The number of anilines is 1. The van der Waals surface area contributed by atoms with Gasteiger partial charge in [-0.25, -0.2) is 8.42 Å². The molecule has 1 saturated heterocycles. The van der Waals surface area contributed by atoms with Crippen molar-refractivity contribution in [3.05, 3.63) is 48.0 Å². The van der Waals surface area contributed by atoms with Crippen molar-refractivity contribution < 1.29 is 22.7 Å². The van der Waals surface area contributed by atoms with Crippen LogP contribution in [0.5, 0.6) is 11.5 Å². The van der Waals surface area contributed by atoms with Crippen LogP contribution in [0.2, 0.25) is 0 Å². The van der Waals surface area contributed by atoms with Crippen LogP contribution in [-0.2, 0) is 14.8 Å². The van der Waals surface area contributed by atoms with Gasteiger partial charge >= 0.3 is 0 Å². The van der Waals surface area contributed by atoms with Gasteiger partial charge in [0.25, 0.3) is 5.91 Å². The lowest BCUT2D eigenvalue weighted by atomic mass is 10.2. The zero-order valence-corrected chi connectivity index (χ0v) is 19.0. The summed E-state index contributed by atoms with van der Waals surface area (Å²) in [6, 6.07) is 12.9. The highest BCUT2D eigenvalue weighted by atomic mass is 32.2. The Kier molecular flexibility index (Phi) is 7.72. The Balaban J connectivity index is 1.79. The number of sulfonamides is 1. The summed E-state index contributed by atoms with van der Waals surface area (Å²) in [6.45, 7) is 2.55. The molecular weight excluding hydrogens is 430 g/mol. The molecule has 0 radical (unpaired) electrons. The van der Waals surface area contributed by atoms with E-state index in [2.05, 4.69) is 5.32 Å². The number of carbonyl (C=O) groups is 1. The number of nitrogens with one attached hydrogen (secondary N) is 1. The minimum Gasteiger partial charge on any atom is -0.495 e. The molecule has 1 heterocycles. The summed E-state index contributed by atoms with van der Waals surface area (Å²) in [5, 5.41) is 11.7. The fourth-order valence-corrected chi connectivity index (χ4v) is 5.05. The van der Waals surface area contributed by atoms with E-state index in [4.69, 9.17) is 14.7 Å². The van der Waals surface area contributed by atoms with Crippen LogP contribution < -0.4 is 14.8 Å². The van der Waals surface area contributed by atoms with E-state index in [0.717, 1.165) is 25.7 Å². The second kappa shape index (κ2) is 10.5. The third-order valence-corrected chi connectivity index (χ3v) is 7.17. The number of nitrogens with zero attached hydrogens (tertiary/aromatic N) is 2. The fourth-order valence-electron chi connectivity index (χ4n) is 3.51. The molecule has 32 heavy (non-hydrogen) atoms. The van der Waals surface area contributed by atoms with Gasteiger partial charge in [0.15, 0.2) is 6.10 Å². The number of amides is 1. The average Bonchev–Trinajstić information content (AvgIpc) is 3.09. The molecule has 0 saturated carbocycles. The molecule has 0 aromatic heterocycles. The van der Waals surface area contributed by atoms with Crippen LogP contribution in [0.3, 0.4) is 0 Å². The van der Waals surface area contributed by atoms with Crippen molar-refractivity contribution in [3.63, 3.8) is 0 Å². The first kappa shape index (κ1) is 23.6. The standard InChI is InChI=1S/C23H27N3O5S/c1-17(31-19-9-7-8-18(14-19)16-24)23(27)25-21-15-20(10-11-22(21)30-2)32(28,29)26-12-5-3-4-6-13-26/h7-11,14-15,17H,3-6,12-13H2,1-2H3,(H,25,27). The molecule has 1 aliphatic rings. The van der Waals surface area contributed by atoms with Gasteiger partial charge in [-0.3, -0.25) is 4.79 Å². The predicted molar refractivity (Wildman–Crippen MR) is 120 cm³/mol. The van der Waals surface area contributed by atoms with E-state index in [9.17, 15) is 13.2 Å². The molecule has 3 rings (SSSR count). The van der Waals surface area contributed by atoms with Gasteiger partial charge < -0.3 is 14.8 Å². The Bertz CT molecular complexity index is 1100. The molecule has 1 fully saturated rings. The molecular formula is C23H27N3O5S. The van der Waals surface area contributed by atoms with Gasteiger partial charge in [-0.15, -0.1) is 0 Å². The van der Waals surface area contributed by atoms with Crippen molar-refractivity contribution in [1.82, 2.24) is 4.31 Å². The average molecular weight is 458 g/mol. The first-order valence-electron chi connectivity index (χ1n) is 10.5. The molecule has 1 aliphatic heterocycles. The summed E-state index contributed by atoms with van der Waals surface area (Å²) in [4.78, 5) is 12.8. The Morgan fingerprint density at radius 1 is 1.12 bits per heavy atom. The van der Waals surface area contributed by atoms with Gasteiger partial charge in [0.1, 0.15) is 11.5 Å². The zero-order chi connectivity index (χ0) is 23.1. The number of ether oxygens (including phenoxy) is 2. The van der Waals surface area contributed by atoms with E-state index in [0.29, 0.717) is 30.2 Å². The normalized spacial score (nSPS) is 15.8. The van der Waals surface area contributed by atoms with E-state index < -0.39 is 22.0 Å². The van der Waals surface area contributed by atoms with Crippen LogP contribution in [-0.4, -0.2) is 44.9 Å². The van der Waals surface area contributed by atoms with E-state index in [-0.39, 0.29) is 10.6 Å². The first-order valence-corrected chi connectivity index (χ1v) is 11.9. The second-order valence-electron chi connectivity index (χ2n) is 7.57. The van der Waals surface area contributed by atoms with Crippen LogP contribution >= 0.6 is 0 Å². The maximum Gasteiger partial charge on any atom is 0.265 e. The molecule has 8 nitrogen and oxygen atoms in total. The lowest BCUT2D eigenvalue weighted by Crippen LogP contribution is -2.32. The maximum absolute atomic E-state index is 13.1. The summed E-state index contributed by atoms with van der Waals surface area (Å²) in [7, 11) is -2.23. The number of carbonyl (C=O) groups excluding carboxylic acids is 1. The SMILES string of the molecule is COc1ccc(S(=O)(=O)N2CCCCCC2)cc1NC(=O)C(C)Oc1cccc(C#N)c1. The molecule has 1 unspecified atom stereocenters. The molecule has 2 aromatic rings. The quantitative estimate of drug-likeness (QED) is 0.681. The van der Waals surface area contributed by atoms with Crippen molar-refractivity contribution in [2.75, 3.05) is 25.5 Å². The molecule has 1 N–H and O–H groups in total. The van der Waals surface area contributed by atoms with E-state index in [1.165, 1.54) is 29.6 Å². The van der Waals surface area contributed by atoms with Gasteiger partial charge in [0.05, 0.1) is 29.3 Å². The summed E-state index contributed by atoms with van der Waals surface area (Å²) in [5.74, 6) is 0.248. The molecule has 1 atom stereocenters. The summed E-state index contributed by atoms with van der Waals surface area (Å²) < 4.78 is 38.7. The molecule has 0 spiro atoms. The predicted octanol–water partition coefficient (Wildman–Crippen LogP) is 3.54. The van der Waals surface area contributed by atoms with Gasteiger partial charge in [0.2, 0.25) is 10.0 Å². The number of hydrogen-bond acceptors (Lipinski definition) is 6. The van der Waals surface area contributed by atoms with E-state index in [1.807, 2.05) is 6.07 Å². The number of benzene rings is 2. The van der Waals surface area contributed by atoms with E-state index in [1.54, 1.807) is 31.2 Å². The topological polar surface area (TPSA) is 109 Å². The van der Waals surface area contributed by atoms with Crippen LogP contribution in [0.4, 0.5) is 5.69 Å². The smallest absolute Gasteiger partial charge is 0.265 e. The molecule has 9 heteroatoms. The minimum absolute atomic E-state index is 0.103. The van der Waals surface area contributed by atoms with Crippen molar-refractivity contribution in [1.29, 1.82) is 5.26 Å². The Hall–Kier alpha value is -3.09. The third kappa shape index (κ3) is 5.58. The van der Waals surface area contributed by atoms with Crippen LogP contribution in [0.25, 0.3) is 0 Å². The Morgan fingerprint density at radius 3 is 2.50 bits per heavy atom. The fraction of sp³-hybridized carbons (Fsp3) is 0.391. The minimum atomic E-state index is -3.68. The van der Waals surface area contributed by atoms with Crippen molar-refractivity contribution in [3.8, 4) is 17.6 Å². The second-order valence-corrected chi connectivity index (χ2v) is 9.51. The lowest BCUT2D eigenvalue weighted by Gasteiger charge is -2.21. The summed E-state index contributed by atoms with van der Waals surface area (Å²) >= 11 is 0. The Labute approximate surface area is 188 Å². The first-order chi connectivity index (χ1) is 15.3. The zero-order valence-electron chi connectivity index (χ0n) is 18.2. The maximum atomic E-state index is 13.1. The summed E-state index contributed by atoms with van der Waals surface area (Å²) in [5.41, 5.74) is 0.665. The molecule has 0 aliphatic carbocycles. The van der Waals surface area contributed by atoms with Gasteiger partial charge in [-0.05, 0) is 56.2 Å². The van der Waals surface area contributed by atoms with Gasteiger partial charge in [-0.2, -0.15) is 9.57 Å². The molecule has 2 aromatic carbocycles. The highest BCUT2D eigenvalue weighted by Crippen LogP contribution is 2.30. The summed E-state index contributed by atoms with van der Waals surface area (Å²) in [6.07, 6.45) is 2.82. The third-order valence-electron chi connectivity index (χ3n) is 5.28. The van der Waals surface area contributed by atoms with Crippen molar-refractivity contribution in [2.45, 2.75) is 43.6 Å².